The van der Waals surface area contributed by atoms with Gasteiger partial charge in [-0.05, 0) is 48.8 Å². The topological polar surface area (TPSA) is 51.2 Å². The molecule has 1 heterocycles. The van der Waals surface area contributed by atoms with Crippen molar-refractivity contribution in [3.8, 4) is 5.75 Å². The summed E-state index contributed by atoms with van der Waals surface area (Å²) in [6.07, 6.45) is 3.18. The van der Waals surface area contributed by atoms with Crippen LogP contribution in [0.5, 0.6) is 5.75 Å². The minimum absolute atomic E-state index is 0.206. The fourth-order valence-corrected chi connectivity index (χ4v) is 4.49. The maximum atomic E-state index is 12.5. The monoisotopic (exact) mass is 378 g/mol. The highest BCUT2D eigenvalue weighted by Gasteiger charge is 2.30. The number of carbonyl (C=O) groups excluding carboxylic acids is 1. The molecule has 0 saturated heterocycles. The van der Waals surface area contributed by atoms with E-state index in [2.05, 4.69) is 31.1 Å². The Bertz CT molecular complexity index is 795. The lowest BCUT2D eigenvalue weighted by molar-refractivity contribution is 0.102. The molecule has 0 unspecified atom stereocenters. The molecule has 1 aliphatic rings. The minimum atomic E-state index is -0.206. The zero-order valence-corrected chi connectivity index (χ0v) is 16.6. The smallest absolute Gasteiger partial charge is 0.257 e. The molecule has 4 nitrogen and oxygen atoms in total. The van der Waals surface area contributed by atoms with Gasteiger partial charge in [0.25, 0.3) is 5.91 Å². The Labute approximate surface area is 157 Å². The van der Waals surface area contributed by atoms with Crippen LogP contribution in [0.3, 0.4) is 0 Å². The Morgan fingerprint density at radius 1 is 1.40 bits per heavy atom. The third kappa shape index (κ3) is 3.98. The molecule has 1 aliphatic carbocycles. The molecular formula is C19H23ClN2O2S. The molecule has 1 aromatic heterocycles. The van der Waals surface area contributed by atoms with Gasteiger partial charge in [-0.3, -0.25) is 10.1 Å². The van der Waals surface area contributed by atoms with Crippen LogP contribution < -0.4 is 10.1 Å². The molecular weight excluding hydrogens is 356 g/mol. The largest absolute Gasteiger partial charge is 0.495 e. The van der Waals surface area contributed by atoms with E-state index in [0.29, 0.717) is 32.8 Å². The molecule has 1 N–H and O–H groups in total. The number of halogens is 1. The first-order valence-electron chi connectivity index (χ1n) is 8.41. The van der Waals surface area contributed by atoms with E-state index in [1.807, 2.05) is 0 Å². The summed E-state index contributed by atoms with van der Waals surface area (Å²) in [6.45, 7) is 6.87. The first-order chi connectivity index (χ1) is 11.8. The summed E-state index contributed by atoms with van der Waals surface area (Å²) >= 11 is 7.69. The number of carbonyl (C=O) groups is 1. The van der Waals surface area contributed by atoms with Crippen LogP contribution in [-0.4, -0.2) is 18.0 Å². The van der Waals surface area contributed by atoms with Crippen LogP contribution in [0.25, 0.3) is 0 Å². The second-order valence-electron chi connectivity index (χ2n) is 7.50. The molecule has 25 heavy (non-hydrogen) atoms. The highest BCUT2D eigenvalue weighted by Crippen LogP contribution is 2.40. The molecule has 0 spiro atoms. The lowest BCUT2D eigenvalue weighted by atomic mass is 9.73. The first-order valence-corrected chi connectivity index (χ1v) is 9.61. The van der Waals surface area contributed by atoms with E-state index in [4.69, 9.17) is 16.3 Å². The number of benzene rings is 1. The first kappa shape index (κ1) is 18.2. The third-order valence-corrected chi connectivity index (χ3v) is 6.13. The summed E-state index contributed by atoms with van der Waals surface area (Å²) in [5, 5.41) is 3.98. The summed E-state index contributed by atoms with van der Waals surface area (Å²) in [7, 11) is 1.55. The molecule has 0 aliphatic heterocycles. The average Bonchev–Trinajstić information content (AvgIpc) is 2.95. The molecule has 3 rings (SSSR count). The van der Waals surface area contributed by atoms with Crippen molar-refractivity contribution in [2.45, 2.75) is 40.0 Å². The van der Waals surface area contributed by atoms with Crippen molar-refractivity contribution in [3.63, 3.8) is 0 Å². The maximum absolute atomic E-state index is 12.5. The number of fused-ring (bicyclic) bond motifs is 1. The number of thiazole rings is 1. The number of anilines is 1. The Morgan fingerprint density at radius 2 is 2.16 bits per heavy atom. The molecule has 0 fully saturated rings. The molecule has 0 radical (unpaired) electrons. The van der Waals surface area contributed by atoms with Crippen molar-refractivity contribution < 1.29 is 9.53 Å². The second-order valence-corrected chi connectivity index (χ2v) is 8.99. The number of amides is 1. The van der Waals surface area contributed by atoms with Gasteiger partial charge in [-0.25, -0.2) is 4.98 Å². The van der Waals surface area contributed by atoms with Crippen LogP contribution in [0.15, 0.2) is 18.2 Å². The van der Waals surface area contributed by atoms with Crippen LogP contribution >= 0.6 is 22.9 Å². The summed E-state index contributed by atoms with van der Waals surface area (Å²) in [5.41, 5.74) is 1.92. The predicted molar refractivity (Wildman–Crippen MR) is 103 cm³/mol. The van der Waals surface area contributed by atoms with E-state index >= 15 is 0 Å². The Balaban J connectivity index is 1.73. The SMILES string of the molecule is COc1ccc(C(=O)Nc2nc3c(s2)C[C@H](C(C)(C)C)CC3)cc1Cl. The summed E-state index contributed by atoms with van der Waals surface area (Å²) in [6, 6.07) is 5.00. The van der Waals surface area contributed by atoms with Gasteiger partial charge in [-0.15, -0.1) is 11.3 Å². The van der Waals surface area contributed by atoms with E-state index in [-0.39, 0.29) is 5.91 Å². The molecule has 1 amide bonds. The van der Waals surface area contributed by atoms with E-state index in [1.165, 1.54) is 4.88 Å². The van der Waals surface area contributed by atoms with E-state index in [1.54, 1.807) is 36.6 Å². The molecule has 1 aromatic carbocycles. The number of ether oxygens (including phenoxy) is 1. The molecule has 0 bridgehead atoms. The van der Waals surface area contributed by atoms with E-state index in [0.717, 1.165) is 25.0 Å². The van der Waals surface area contributed by atoms with Crippen LogP contribution in [0.4, 0.5) is 5.13 Å². The number of aromatic nitrogens is 1. The Hall–Kier alpha value is -1.59. The highest BCUT2D eigenvalue weighted by atomic mass is 35.5. The number of aryl methyl sites for hydroxylation is 1. The molecule has 2 aromatic rings. The van der Waals surface area contributed by atoms with Crippen molar-refractivity contribution >= 4 is 34.0 Å². The van der Waals surface area contributed by atoms with Gasteiger partial charge < -0.3 is 4.74 Å². The van der Waals surface area contributed by atoms with Crippen LogP contribution in [-0.2, 0) is 12.8 Å². The van der Waals surface area contributed by atoms with Crippen LogP contribution in [0.1, 0.15) is 48.1 Å². The lowest BCUT2D eigenvalue weighted by Gasteiger charge is -2.33. The van der Waals surface area contributed by atoms with E-state index in [9.17, 15) is 4.79 Å². The summed E-state index contributed by atoms with van der Waals surface area (Å²) in [4.78, 5) is 18.4. The zero-order chi connectivity index (χ0) is 18.2. The van der Waals surface area contributed by atoms with Crippen molar-refractivity contribution in [1.29, 1.82) is 0 Å². The van der Waals surface area contributed by atoms with Crippen molar-refractivity contribution in [3.05, 3.63) is 39.4 Å². The number of nitrogens with one attached hydrogen (secondary N) is 1. The fourth-order valence-electron chi connectivity index (χ4n) is 3.14. The average molecular weight is 379 g/mol. The van der Waals surface area contributed by atoms with Crippen molar-refractivity contribution in [1.82, 2.24) is 4.98 Å². The molecule has 6 heteroatoms. The zero-order valence-electron chi connectivity index (χ0n) is 15.0. The summed E-state index contributed by atoms with van der Waals surface area (Å²) < 4.78 is 5.12. The highest BCUT2D eigenvalue weighted by molar-refractivity contribution is 7.15. The Morgan fingerprint density at radius 3 is 2.80 bits per heavy atom. The van der Waals surface area contributed by atoms with Gasteiger partial charge in [-0.1, -0.05) is 32.4 Å². The van der Waals surface area contributed by atoms with Gasteiger partial charge in [0.05, 0.1) is 17.8 Å². The Kier molecular flexibility index (Phi) is 5.07. The number of hydrogen-bond donors (Lipinski definition) is 1. The third-order valence-electron chi connectivity index (χ3n) is 4.80. The number of rotatable bonds is 3. The molecule has 134 valence electrons. The number of nitrogens with zero attached hydrogens (tertiary/aromatic N) is 1. The van der Waals surface area contributed by atoms with E-state index < -0.39 is 0 Å². The van der Waals surface area contributed by atoms with Crippen LogP contribution in [0.2, 0.25) is 5.02 Å². The van der Waals surface area contributed by atoms with Crippen molar-refractivity contribution in [2.75, 3.05) is 12.4 Å². The normalized spacial score (nSPS) is 17.1. The standard InChI is InChI=1S/C19H23ClN2O2S/c1-19(2,3)12-6-7-14-16(10-12)25-18(21-14)22-17(23)11-5-8-15(24-4)13(20)9-11/h5,8-9,12H,6-7,10H2,1-4H3,(H,21,22,23)/t12-/m1/s1. The fraction of sp³-hybridized carbons (Fsp3) is 0.474. The number of hydrogen-bond acceptors (Lipinski definition) is 4. The van der Waals surface area contributed by atoms with Gasteiger partial charge in [-0.2, -0.15) is 0 Å². The lowest BCUT2D eigenvalue weighted by Crippen LogP contribution is -2.26. The molecule has 0 saturated carbocycles. The second kappa shape index (κ2) is 6.96. The van der Waals surface area contributed by atoms with Crippen LogP contribution in [0, 0.1) is 11.3 Å². The maximum Gasteiger partial charge on any atom is 0.257 e. The van der Waals surface area contributed by atoms with Gasteiger partial charge in [0.2, 0.25) is 0 Å². The minimum Gasteiger partial charge on any atom is -0.495 e. The predicted octanol–water partition coefficient (Wildman–Crippen LogP) is 5.21. The van der Waals surface area contributed by atoms with Gasteiger partial charge in [0.1, 0.15) is 5.75 Å². The quantitative estimate of drug-likeness (QED) is 0.797. The van der Waals surface area contributed by atoms with Crippen molar-refractivity contribution in [2.24, 2.45) is 11.3 Å². The number of methoxy groups -OCH3 is 1. The molecule has 1 atom stereocenters. The van der Waals surface area contributed by atoms with Gasteiger partial charge >= 0.3 is 0 Å². The summed E-state index contributed by atoms with van der Waals surface area (Å²) in [5.74, 6) is 1.00. The van der Waals surface area contributed by atoms with Gasteiger partial charge in [0, 0.05) is 10.4 Å². The van der Waals surface area contributed by atoms with Gasteiger partial charge in [0.15, 0.2) is 5.13 Å².